The van der Waals surface area contributed by atoms with Crippen LogP contribution in [-0.2, 0) is 5.41 Å². The van der Waals surface area contributed by atoms with Crippen LogP contribution in [0.1, 0.15) is 48.5 Å². The molecule has 0 N–H and O–H groups in total. The van der Waals surface area contributed by atoms with Crippen LogP contribution in [0.3, 0.4) is 0 Å². The zero-order chi connectivity index (χ0) is 32.9. The van der Waals surface area contributed by atoms with Crippen molar-refractivity contribution in [1.82, 2.24) is 0 Å². The Morgan fingerprint density at radius 3 is 1.94 bits per heavy atom. The van der Waals surface area contributed by atoms with E-state index in [1.807, 2.05) is 20.0 Å². The van der Waals surface area contributed by atoms with Crippen molar-refractivity contribution in [3.8, 4) is 11.1 Å². The Morgan fingerprint density at radius 1 is 0.531 bits per heavy atom. The minimum Gasteiger partial charge on any atom is -0.310 e. The Balaban J connectivity index is 1.27. The van der Waals surface area contributed by atoms with Gasteiger partial charge >= 0.3 is 0 Å². The fourth-order valence-electron chi connectivity index (χ4n) is 8.64. The van der Waals surface area contributed by atoms with Gasteiger partial charge in [0.05, 0.1) is 22.4 Å². The fourth-order valence-corrected chi connectivity index (χ4v) is 8.64. The predicted octanol–water partition coefficient (Wildman–Crippen LogP) is 8.71. The van der Waals surface area contributed by atoms with E-state index < -0.39 is 5.41 Å². The SMILES string of the molecule is Bc1ccc2c(c1)C(=O)/C(=C\c1ccc3c4c(ccc3c1)N(c1ccccc1)c1ccccc1C41c3ccccc3-c3ccccc31)C2=O. The molecule has 0 saturated carbocycles. The summed E-state index contributed by atoms with van der Waals surface area (Å²) in [6.07, 6.45) is 1.76. The average Bonchev–Trinajstić information content (AvgIpc) is 3.56. The van der Waals surface area contributed by atoms with Gasteiger partial charge in [0.15, 0.2) is 11.6 Å². The summed E-state index contributed by atoms with van der Waals surface area (Å²) in [5.41, 5.74) is 13.3. The Kier molecular flexibility index (Phi) is 5.75. The molecule has 4 heteroatoms. The second-order valence-corrected chi connectivity index (χ2v) is 13.2. The van der Waals surface area contributed by atoms with Crippen LogP contribution < -0.4 is 10.4 Å². The molecule has 7 aromatic rings. The highest BCUT2D eigenvalue weighted by Gasteiger charge is 2.52. The van der Waals surface area contributed by atoms with Gasteiger partial charge in [-0.2, -0.15) is 0 Å². The molecule has 0 saturated heterocycles. The van der Waals surface area contributed by atoms with Gasteiger partial charge in [0, 0.05) is 22.4 Å². The van der Waals surface area contributed by atoms with E-state index in [2.05, 4.69) is 138 Å². The van der Waals surface area contributed by atoms with E-state index in [0.29, 0.717) is 11.1 Å². The molecule has 0 amide bonds. The molecule has 0 atom stereocenters. The Morgan fingerprint density at radius 2 is 1.18 bits per heavy atom. The third kappa shape index (κ3) is 3.69. The number of fused-ring (bicyclic) bond motifs is 12. The third-order valence-electron chi connectivity index (χ3n) is 10.6. The lowest BCUT2D eigenvalue weighted by Gasteiger charge is -2.45. The standard InChI is InChI=1S/C45H28BNO2/c46-29-20-22-34-35(26-29)44(49)36(43(34)48)25-27-18-21-31-28(24-27)19-23-41-42(31)45(37-14-6-4-12-32(37)33-13-5-7-15-38(33)45)39-16-8-9-17-40(39)47(41)30-10-2-1-3-11-30/h1-26H,46H2/b36-25-. The normalized spacial score (nSPS) is 15.7. The lowest BCUT2D eigenvalue weighted by Crippen LogP contribution is -2.36. The molecule has 0 fully saturated rings. The lowest BCUT2D eigenvalue weighted by atomic mass is 9.63. The molecule has 2 aliphatic carbocycles. The maximum atomic E-state index is 13.4. The van der Waals surface area contributed by atoms with E-state index >= 15 is 0 Å². The maximum Gasteiger partial charge on any atom is 0.197 e. The molecule has 3 nitrogen and oxygen atoms in total. The van der Waals surface area contributed by atoms with Gasteiger partial charge in [0.2, 0.25) is 0 Å². The Bertz CT molecular complexity index is 2570. The smallest absolute Gasteiger partial charge is 0.197 e. The summed E-state index contributed by atoms with van der Waals surface area (Å²) >= 11 is 0. The number of Topliss-reactive ketones (excluding diaryl/α,β-unsaturated/α-hetero) is 2. The first kappa shape index (κ1) is 27.8. The van der Waals surface area contributed by atoms with Crippen molar-refractivity contribution in [3.05, 3.63) is 196 Å². The van der Waals surface area contributed by atoms with Crippen LogP contribution in [0.2, 0.25) is 0 Å². The van der Waals surface area contributed by atoms with Crippen LogP contribution in [0.5, 0.6) is 0 Å². The molecule has 7 aromatic carbocycles. The largest absolute Gasteiger partial charge is 0.310 e. The monoisotopic (exact) mass is 625 g/mol. The number of allylic oxidation sites excluding steroid dienone is 1. The molecule has 49 heavy (non-hydrogen) atoms. The van der Waals surface area contributed by atoms with Crippen LogP contribution in [0.25, 0.3) is 28.0 Å². The van der Waals surface area contributed by atoms with Crippen molar-refractivity contribution in [2.45, 2.75) is 5.41 Å². The number of anilines is 3. The summed E-state index contributed by atoms with van der Waals surface area (Å²) in [6.45, 7) is 0. The summed E-state index contributed by atoms with van der Waals surface area (Å²) in [5, 5.41) is 2.18. The van der Waals surface area contributed by atoms with Crippen LogP contribution in [0.4, 0.5) is 17.1 Å². The van der Waals surface area contributed by atoms with Gasteiger partial charge in [-0.1, -0.05) is 127 Å². The van der Waals surface area contributed by atoms with E-state index in [1.54, 1.807) is 12.1 Å². The number of ketones is 2. The number of hydrogen-bond acceptors (Lipinski definition) is 3. The highest BCUT2D eigenvalue weighted by atomic mass is 16.2. The Hall–Kier alpha value is -6.26. The van der Waals surface area contributed by atoms with Crippen LogP contribution in [-0.4, -0.2) is 19.4 Å². The van der Waals surface area contributed by atoms with Crippen molar-refractivity contribution in [1.29, 1.82) is 0 Å². The van der Waals surface area contributed by atoms with Crippen molar-refractivity contribution in [3.63, 3.8) is 0 Å². The number of carbonyl (C=O) groups excluding carboxylic acids is 2. The van der Waals surface area contributed by atoms with E-state index in [-0.39, 0.29) is 17.1 Å². The molecular weight excluding hydrogens is 597 g/mol. The first-order valence-electron chi connectivity index (χ1n) is 16.7. The second-order valence-electron chi connectivity index (χ2n) is 13.2. The fraction of sp³-hybridized carbons (Fsp3) is 0.0222. The predicted molar refractivity (Wildman–Crippen MR) is 201 cm³/mol. The number of rotatable bonds is 2. The summed E-state index contributed by atoms with van der Waals surface area (Å²) in [5.74, 6) is -0.416. The lowest BCUT2D eigenvalue weighted by molar-refractivity contribution is 0.0990. The van der Waals surface area contributed by atoms with Gasteiger partial charge in [0.1, 0.15) is 7.85 Å². The van der Waals surface area contributed by atoms with Gasteiger partial charge in [-0.25, -0.2) is 0 Å². The third-order valence-corrected chi connectivity index (χ3v) is 10.6. The quantitative estimate of drug-likeness (QED) is 0.110. The van der Waals surface area contributed by atoms with Crippen molar-refractivity contribution < 1.29 is 9.59 Å². The number of benzene rings is 7. The molecule has 0 radical (unpaired) electrons. The van der Waals surface area contributed by atoms with Gasteiger partial charge < -0.3 is 4.90 Å². The molecular formula is C45H28BNO2. The summed E-state index contributed by atoms with van der Waals surface area (Å²) in [6, 6.07) is 53.3. The molecule has 228 valence electrons. The van der Waals surface area contributed by atoms with E-state index in [9.17, 15) is 9.59 Å². The number of para-hydroxylation sites is 2. The van der Waals surface area contributed by atoms with E-state index in [1.165, 1.54) is 33.4 Å². The number of nitrogens with zero attached hydrogens (tertiary/aromatic N) is 1. The average molecular weight is 626 g/mol. The second kappa shape index (κ2) is 10.1. The zero-order valence-corrected chi connectivity index (χ0v) is 26.8. The van der Waals surface area contributed by atoms with Gasteiger partial charge in [-0.15, -0.1) is 0 Å². The van der Waals surface area contributed by atoms with Crippen LogP contribution in [0.15, 0.2) is 157 Å². The first-order valence-corrected chi connectivity index (χ1v) is 16.7. The summed E-state index contributed by atoms with van der Waals surface area (Å²) in [7, 11) is 1.94. The van der Waals surface area contributed by atoms with Crippen molar-refractivity contribution >= 4 is 58.8 Å². The van der Waals surface area contributed by atoms with Crippen LogP contribution in [0, 0.1) is 0 Å². The number of hydrogen-bond donors (Lipinski definition) is 0. The number of carbonyl (C=O) groups is 2. The first-order chi connectivity index (χ1) is 24.1. The Labute approximate surface area is 285 Å². The molecule has 0 aromatic heterocycles. The molecule has 0 bridgehead atoms. The highest BCUT2D eigenvalue weighted by Crippen LogP contribution is 2.64. The highest BCUT2D eigenvalue weighted by molar-refractivity contribution is 6.43. The minimum absolute atomic E-state index is 0.206. The summed E-state index contributed by atoms with van der Waals surface area (Å²) < 4.78 is 0. The minimum atomic E-state index is -0.569. The summed E-state index contributed by atoms with van der Waals surface area (Å²) in [4.78, 5) is 29.2. The molecule has 1 spiro atoms. The van der Waals surface area contributed by atoms with Crippen molar-refractivity contribution in [2.24, 2.45) is 0 Å². The zero-order valence-electron chi connectivity index (χ0n) is 26.8. The van der Waals surface area contributed by atoms with E-state index in [4.69, 9.17) is 0 Å². The molecule has 1 aliphatic heterocycles. The molecule has 1 heterocycles. The van der Waals surface area contributed by atoms with Gasteiger partial charge in [-0.3, -0.25) is 9.59 Å². The molecule has 10 rings (SSSR count). The maximum absolute atomic E-state index is 13.4. The van der Waals surface area contributed by atoms with Gasteiger partial charge in [0.25, 0.3) is 0 Å². The van der Waals surface area contributed by atoms with Crippen molar-refractivity contribution in [2.75, 3.05) is 4.90 Å². The van der Waals surface area contributed by atoms with E-state index in [0.717, 1.165) is 38.9 Å². The molecule has 3 aliphatic rings. The topological polar surface area (TPSA) is 37.4 Å². The van der Waals surface area contributed by atoms with Crippen LogP contribution >= 0.6 is 0 Å². The molecule has 0 unspecified atom stereocenters. The van der Waals surface area contributed by atoms with Gasteiger partial charge in [-0.05, 0) is 80.6 Å².